The predicted octanol–water partition coefficient (Wildman–Crippen LogP) is 2.14. The number of hydrogen-bond acceptors (Lipinski definition) is 2. The fraction of sp³-hybridized carbons (Fsp3) is 0.700. The molecule has 1 aromatic heterocycles. The minimum atomic E-state index is -0.0356. The smallest absolute Gasteiger partial charge is 0.150 e. The Hall–Kier alpha value is -0.540. The van der Waals surface area contributed by atoms with Gasteiger partial charge in [-0.15, -0.1) is 0 Å². The molecular weight excluding hydrogens is 198 g/mol. The molecule has 0 amide bonds. The van der Waals surface area contributed by atoms with Crippen LogP contribution in [-0.2, 0) is 13.0 Å². The van der Waals surface area contributed by atoms with E-state index in [1.54, 1.807) is 0 Å². The summed E-state index contributed by atoms with van der Waals surface area (Å²) >= 11 is 6.07. The van der Waals surface area contributed by atoms with Crippen LogP contribution in [0.2, 0.25) is 5.15 Å². The van der Waals surface area contributed by atoms with Crippen molar-refractivity contribution in [3.8, 4) is 0 Å². The minimum absolute atomic E-state index is 0.0356. The summed E-state index contributed by atoms with van der Waals surface area (Å²) < 4.78 is 2.20. The van der Waals surface area contributed by atoms with E-state index >= 15 is 0 Å². The molecule has 0 fully saturated rings. The Kier molecular flexibility index (Phi) is 2.54. The first kappa shape index (κ1) is 9.99. The predicted molar refractivity (Wildman–Crippen MR) is 57.3 cm³/mol. The molecule has 0 aliphatic carbocycles. The number of rotatable bonds is 1. The van der Waals surface area contributed by atoms with Crippen molar-refractivity contribution < 1.29 is 0 Å². The van der Waals surface area contributed by atoms with Gasteiger partial charge in [-0.2, -0.15) is 0 Å². The van der Waals surface area contributed by atoms with E-state index in [9.17, 15) is 0 Å². The Bertz CT molecular complexity index is 343. The molecule has 78 valence electrons. The third-order valence-electron chi connectivity index (χ3n) is 2.83. The molecule has 1 aliphatic heterocycles. The molecule has 2 rings (SSSR count). The van der Waals surface area contributed by atoms with Gasteiger partial charge in [0.25, 0.3) is 0 Å². The van der Waals surface area contributed by atoms with Crippen LogP contribution in [0.4, 0.5) is 0 Å². The molecule has 1 aromatic rings. The third kappa shape index (κ3) is 1.55. The fourth-order valence-electron chi connectivity index (χ4n) is 2.05. The number of fused-ring (bicyclic) bond motifs is 1. The maximum absolute atomic E-state index is 6.07. The average Bonchev–Trinajstić information content (AvgIpc) is 2.43. The lowest BCUT2D eigenvalue weighted by atomic mass is 10.0. The van der Waals surface area contributed by atoms with Gasteiger partial charge in [-0.05, 0) is 25.7 Å². The number of imidazole rings is 1. The molecule has 2 N–H and O–H groups in total. The van der Waals surface area contributed by atoms with Gasteiger partial charge in [-0.1, -0.05) is 18.5 Å². The molecule has 0 saturated carbocycles. The second kappa shape index (κ2) is 3.55. The van der Waals surface area contributed by atoms with Gasteiger partial charge in [0.1, 0.15) is 5.82 Å². The monoisotopic (exact) mass is 213 g/mol. The van der Waals surface area contributed by atoms with E-state index in [0.29, 0.717) is 11.1 Å². The van der Waals surface area contributed by atoms with E-state index in [-0.39, 0.29) is 6.04 Å². The molecule has 14 heavy (non-hydrogen) atoms. The van der Waals surface area contributed by atoms with E-state index in [4.69, 9.17) is 17.3 Å². The van der Waals surface area contributed by atoms with Crippen molar-refractivity contribution in [2.24, 2.45) is 11.7 Å². The van der Waals surface area contributed by atoms with Crippen molar-refractivity contribution in [1.82, 2.24) is 9.55 Å². The lowest BCUT2D eigenvalue weighted by Crippen LogP contribution is -2.22. The van der Waals surface area contributed by atoms with Gasteiger partial charge >= 0.3 is 0 Å². The number of aromatic nitrogens is 2. The van der Waals surface area contributed by atoms with E-state index < -0.39 is 0 Å². The molecule has 0 bridgehead atoms. The molecular formula is C10H16ClN3. The molecule has 2 heterocycles. The lowest BCUT2D eigenvalue weighted by molar-refractivity contribution is 0.386. The second-order valence-electron chi connectivity index (χ2n) is 4.25. The summed E-state index contributed by atoms with van der Waals surface area (Å²) in [4.78, 5) is 4.33. The first-order chi connectivity index (χ1) is 6.59. The number of hydrogen-bond donors (Lipinski definition) is 1. The van der Waals surface area contributed by atoms with E-state index in [1.165, 1.54) is 6.42 Å². The molecule has 2 unspecified atom stereocenters. The third-order valence-corrected chi connectivity index (χ3v) is 3.13. The average molecular weight is 214 g/mol. The molecule has 3 nitrogen and oxygen atoms in total. The highest BCUT2D eigenvalue weighted by Crippen LogP contribution is 2.28. The van der Waals surface area contributed by atoms with Gasteiger partial charge in [0.2, 0.25) is 0 Å². The summed E-state index contributed by atoms with van der Waals surface area (Å²) in [6.45, 7) is 5.21. The van der Waals surface area contributed by atoms with Crippen LogP contribution in [0.3, 0.4) is 0 Å². The topological polar surface area (TPSA) is 43.8 Å². The summed E-state index contributed by atoms with van der Waals surface area (Å²) in [5.74, 6) is 1.63. The van der Waals surface area contributed by atoms with Crippen LogP contribution in [0.15, 0.2) is 0 Å². The molecule has 0 aromatic carbocycles. The maximum atomic E-state index is 6.07. The molecule has 4 heteroatoms. The summed E-state index contributed by atoms with van der Waals surface area (Å²) in [6, 6.07) is -0.0356. The normalized spacial score (nSPS) is 23.3. The summed E-state index contributed by atoms with van der Waals surface area (Å²) in [5.41, 5.74) is 7.02. The highest BCUT2D eigenvalue weighted by Gasteiger charge is 2.23. The Morgan fingerprint density at radius 1 is 1.64 bits per heavy atom. The van der Waals surface area contributed by atoms with Crippen molar-refractivity contribution in [3.63, 3.8) is 0 Å². The largest absolute Gasteiger partial charge is 0.329 e. The molecule has 0 spiro atoms. The minimum Gasteiger partial charge on any atom is -0.329 e. The Labute approximate surface area is 89.3 Å². The van der Waals surface area contributed by atoms with Crippen molar-refractivity contribution in [2.45, 2.75) is 39.3 Å². The van der Waals surface area contributed by atoms with Gasteiger partial charge < -0.3 is 10.3 Å². The zero-order valence-electron chi connectivity index (χ0n) is 8.63. The first-order valence-electron chi connectivity index (χ1n) is 5.10. The van der Waals surface area contributed by atoms with Crippen LogP contribution in [0.5, 0.6) is 0 Å². The van der Waals surface area contributed by atoms with Crippen LogP contribution < -0.4 is 5.73 Å². The quantitative estimate of drug-likeness (QED) is 0.777. The van der Waals surface area contributed by atoms with Gasteiger partial charge in [0.15, 0.2) is 5.15 Å². The summed E-state index contributed by atoms with van der Waals surface area (Å²) in [7, 11) is 0. The number of halogens is 1. The number of nitrogens with two attached hydrogens (primary N) is 1. The van der Waals surface area contributed by atoms with Crippen LogP contribution in [0.1, 0.15) is 37.8 Å². The van der Waals surface area contributed by atoms with Crippen LogP contribution in [0.25, 0.3) is 0 Å². The second-order valence-corrected chi connectivity index (χ2v) is 4.61. The van der Waals surface area contributed by atoms with Crippen LogP contribution >= 0.6 is 11.6 Å². The van der Waals surface area contributed by atoms with Crippen LogP contribution in [0, 0.1) is 5.92 Å². The Morgan fingerprint density at radius 2 is 2.36 bits per heavy atom. The lowest BCUT2D eigenvalue weighted by Gasteiger charge is -2.23. The fourth-order valence-corrected chi connectivity index (χ4v) is 2.33. The van der Waals surface area contributed by atoms with Crippen molar-refractivity contribution in [1.29, 1.82) is 0 Å². The SMILES string of the molecule is CC1CCc2c(Cl)nc(C(C)N)n2C1. The van der Waals surface area contributed by atoms with Crippen molar-refractivity contribution >= 4 is 11.6 Å². The van der Waals surface area contributed by atoms with Gasteiger partial charge in [-0.3, -0.25) is 0 Å². The first-order valence-corrected chi connectivity index (χ1v) is 5.47. The Balaban J connectivity index is 2.45. The van der Waals surface area contributed by atoms with E-state index in [2.05, 4.69) is 16.5 Å². The van der Waals surface area contributed by atoms with Gasteiger partial charge in [0, 0.05) is 6.54 Å². The van der Waals surface area contributed by atoms with Crippen molar-refractivity contribution in [2.75, 3.05) is 0 Å². The zero-order valence-corrected chi connectivity index (χ0v) is 9.38. The highest BCUT2D eigenvalue weighted by atomic mass is 35.5. The summed E-state index contributed by atoms with van der Waals surface area (Å²) in [5, 5.41) is 0.643. The summed E-state index contributed by atoms with van der Waals surface area (Å²) in [6.07, 6.45) is 2.23. The maximum Gasteiger partial charge on any atom is 0.150 e. The Morgan fingerprint density at radius 3 is 3.00 bits per heavy atom. The van der Waals surface area contributed by atoms with Gasteiger partial charge in [0.05, 0.1) is 11.7 Å². The number of nitrogens with zero attached hydrogens (tertiary/aromatic N) is 2. The molecule has 0 radical (unpaired) electrons. The molecule has 1 aliphatic rings. The molecule has 0 saturated heterocycles. The van der Waals surface area contributed by atoms with E-state index in [1.807, 2.05) is 6.92 Å². The highest BCUT2D eigenvalue weighted by molar-refractivity contribution is 6.30. The molecule has 2 atom stereocenters. The standard InChI is InChI=1S/C10H16ClN3/c1-6-3-4-8-9(11)13-10(7(2)12)14(8)5-6/h6-7H,3-5,12H2,1-2H3. The van der Waals surface area contributed by atoms with Crippen molar-refractivity contribution in [3.05, 3.63) is 16.7 Å². The van der Waals surface area contributed by atoms with Gasteiger partial charge in [-0.25, -0.2) is 4.98 Å². The zero-order chi connectivity index (χ0) is 10.3. The van der Waals surface area contributed by atoms with Crippen LogP contribution in [-0.4, -0.2) is 9.55 Å². The van der Waals surface area contributed by atoms with E-state index in [0.717, 1.165) is 24.5 Å².